The number of non-ortho nitro benzene ring substituents is 1. The number of rotatable bonds is 6. The standard InChI is InChI=1S/C23H15FN4O3S/c24-18-10-11-20-21(14-18)32-23(26-20)27(25-15-17-5-2-1-3-6-17)22(29)12-9-16-7-4-8-19(13-16)28(30)31/h1-15H/b12-9+,25-15+. The molecule has 7 nitrogen and oxygen atoms in total. The monoisotopic (exact) mass is 446 g/mol. The average Bonchev–Trinajstić information content (AvgIpc) is 3.21. The molecule has 0 unspecified atom stereocenters. The number of hydrogen-bond acceptors (Lipinski definition) is 6. The average molecular weight is 446 g/mol. The first kappa shape index (κ1) is 21.0. The van der Waals surface area contributed by atoms with Gasteiger partial charge in [-0.1, -0.05) is 53.8 Å². The van der Waals surface area contributed by atoms with Crippen molar-refractivity contribution in [2.75, 3.05) is 5.01 Å². The van der Waals surface area contributed by atoms with Crippen LogP contribution in [-0.2, 0) is 4.79 Å². The van der Waals surface area contributed by atoms with Crippen LogP contribution in [0.3, 0.4) is 0 Å². The molecule has 3 aromatic carbocycles. The number of carbonyl (C=O) groups excluding carboxylic acids is 1. The summed E-state index contributed by atoms with van der Waals surface area (Å²) in [7, 11) is 0. The van der Waals surface area contributed by atoms with Gasteiger partial charge in [-0.3, -0.25) is 14.9 Å². The number of nitro benzene ring substituents is 1. The molecule has 0 aliphatic rings. The number of anilines is 1. The van der Waals surface area contributed by atoms with Crippen LogP contribution >= 0.6 is 11.3 Å². The first-order valence-corrected chi connectivity index (χ1v) is 10.2. The first-order chi connectivity index (χ1) is 15.5. The maximum atomic E-state index is 13.6. The summed E-state index contributed by atoms with van der Waals surface area (Å²) in [4.78, 5) is 27.8. The number of hydrazone groups is 1. The van der Waals surface area contributed by atoms with E-state index in [1.54, 1.807) is 6.07 Å². The van der Waals surface area contributed by atoms with Gasteiger partial charge in [-0.25, -0.2) is 9.37 Å². The summed E-state index contributed by atoms with van der Waals surface area (Å²) in [5.74, 6) is -0.910. The number of hydrogen-bond donors (Lipinski definition) is 0. The van der Waals surface area contributed by atoms with Gasteiger partial charge in [0, 0.05) is 18.2 Å². The molecular weight excluding hydrogens is 431 g/mol. The summed E-state index contributed by atoms with van der Waals surface area (Å²) in [5.41, 5.74) is 1.74. The van der Waals surface area contributed by atoms with E-state index in [0.29, 0.717) is 15.8 Å². The number of aromatic nitrogens is 1. The minimum atomic E-state index is -0.511. The van der Waals surface area contributed by atoms with Crippen molar-refractivity contribution in [1.29, 1.82) is 0 Å². The van der Waals surface area contributed by atoms with Crippen LogP contribution in [0.1, 0.15) is 11.1 Å². The Kier molecular flexibility index (Phi) is 6.09. The molecule has 32 heavy (non-hydrogen) atoms. The van der Waals surface area contributed by atoms with Gasteiger partial charge in [-0.15, -0.1) is 0 Å². The van der Waals surface area contributed by atoms with E-state index in [0.717, 1.165) is 21.9 Å². The Bertz CT molecular complexity index is 1350. The van der Waals surface area contributed by atoms with Crippen LogP contribution in [-0.4, -0.2) is 22.0 Å². The van der Waals surface area contributed by atoms with Gasteiger partial charge in [0.1, 0.15) is 5.82 Å². The lowest BCUT2D eigenvalue weighted by molar-refractivity contribution is -0.384. The number of nitrogens with zero attached hydrogens (tertiary/aromatic N) is 4. The normalized spacial score (nSPS) is 11.4. The lowest BCUT2D eigenvalue weighted by Gasteiger charge is -2.11. The third-order valence-corrected chi connectivity index (χ3v) is 5.34. The Balaban J connectivity index is 1.67. The second kappa shape index (κ2) is 9.27. The van der Waals surface area contributed by atoms with E-state index in [-0.39, 0.29) is 10.8 Å². The fourth-order valence-electron chi connectivity index (χ4n) is 2.82. The SMILES string of the molecule is O=C(/C=C/c1cccc([N+](=O)[O-])c1)N(/N=C/c1ccccc1)c1nc2ccc(F)cc2s1. The van der Waals surface area contributed by atoms with Crippen LogP contribution in [0.25, 0.3) is 16.3 Å². The van der Waals surface area contributed by atoms with Gasteiger partial charge in [0.05, 0.1) is 21.4 Å². The zero-order chi connectivity index (χ0) is 22.5. The van der Waals surface area contributed by atoms with Gasteiger partial charge >= 0.3 is 0 Å². The van der Waals surface area contributed by atoms with Gasteiger partial charge in [0.25, 0.3) is 11.6 Å². The second-order valence-electron chi connectivity index (χ2n) is 6.60. The molecule has 1 aromatic heterocycles. The molecule has 0 aliphatic carbocycles. The Morgan fingerprint density at radius 2 is 1.84 bits per heavy atom. The van der Waals surface area contributed by atoms with E-state index in [9.17, 15) is 19.3 Å². The molecule has 1 amide bonds. The number of halogens is 1. The van der Waals surface area contributed by atoms with Gasteiger partial charge in [0.15, 0.2) is 0 Å². The van der Waals surface area contributed by atoms with Crippen molar-refractivity contribution in [1.82, 2.24) is 4.98 Å². The van der Waals surface area contributed by atoms with E-state index in [4.69, 9.17) is 0 Å². The highest BCUT2D eigenvalue weighted by Crippen LogP contribution is 2.30. The molecule has 9 heteroatoms. The molecule has 0 saturated carbocycles. The molecule has 0 radical (unpaired) electrons. The van der Waals surface area contributed by atoms with Crippen LogP contribution in [0.15, 0.2) is 84.0 Å². The third kappa shape index (κ3) is 4.90. The smallest absolute Gasteiger partial charge is 0.267 e. The van der Waals surface area contributed by atoms with Crippen molar-refractivity contribution in [3.63, 3.8) is 0 Å². The van der Waals surface area contributed by atoms with E-state index in [2.05, 4.69) is 10.1 Å². The molecule has 0 bridgehead atoms. The Hall–Kier alpha value is -4.24. The quantitative estimate of drug-likeness (QED) is 0.171. The lowest BCUT2D eigenvalue weighted by atomic mass is 10.2. The molecule has 0 N–H and O–H groups in total. The van der Waals surface area contributed by atoms with Gasteiger partial charge in [0.2, 0.25) is 5.13 Å². The number of carbonyl (C=O) groups is 1. The molecule has 0 atom stereocenters. The predicted molar refractivity (Wildman–Crippen MR) is 123 cm³/mol. The van der Waals surface area contributed by atoms with Crippen molar-refractivity contribution in [3.05, 3.63) is 106 Å². The number of amides is 1. The van der Waals surface area contributed by atoms with Crippen LogP contribution in [0.5, 0.6) is 0 Å². The Labute approximate surface area is 185 Å². The molecule has 0 saturated heterocycles. The Morgan fingerprint density at radius 1 is 1.06 bits per heavy atom. The maximum Gasteiger partial charge on any atom is 0.273 e. The molecule has 0 fully saturated rings. The summed E-state index contributed by atoms with van der Waals surface area (Å²) in [6.45, 7) is 0. The van der Waals surface area contributed by atoms with Gasteiger partial charge in [-0.05, 0) is 35.4 Å². The summed E-state index contributed by atoms with van der Waals surface area (Å²) < 4.78 is 14.2. The molecular formula is C23H15FN4O3S. The minimum Gasteiger partial charge on any atom is -0.267 e. The number of benzene rings is 3. The highest BCUT2D eigenvalue weighted by Gasteiger charge is 2.17. The second-order valence-corrected chi connectivity index (χ2v) is 7.61. The minimum absolute atomic E-state index is 0.0771. The third-order valence-electron chi connectivity index (χ3n) is 4.35. The summed E-state index contributed by atoms with van der Waals surface area (Å²) >= 11 is 1.13. The van der Waals surface area contributed by atoms with Crippen LogP contribution in [0, 0.1) is 15.9 Å². The van der Waals surface area contributed by atoms with Crippen molar-refractivity contribution >= 4 is 50.6 Å². The molecule has 4 aromatic rings. The van der Waals surface area contributed by atoms with E-state index in [1.165, 1.54) is 54.8 Å². The van der Waals surface area contributed by atoms with Crippen molar-refractivity contribution in [3.8, 4) is 0 Å². The van der Waals surface area contributed by atoms with E-state index < -0.39 is 16.6 Å². The summed E-state index contributed by atoms with van der Waals surface area (Å²) in [6, 6.07) is 19.3. The largest absolute Gasteiger partial charge is 0.273 e. The van der Waals surface area contributed by atoms with Crippen LogP contribution in [0.2, 0.25) is 0 Å². The predicted octanol–water partition coefficient (Wildman–Crippen LogP) is 5.42. The summed E-state index contributed by atoms with van der Waals surface area (Å²) in [6.07, 6.45) is 4.24. The molecule has 158 valence electrons. The lowest BCUT2D eigenvalue weighted by Crippen LogP contribution is -2.23. The van der Waals surface area contributed by atoms with Crippen LogP contribution in [0.4, 0.5) is 15.2 Å². The highest BCUT2D eigenvalue weighted by molar-refractivity contribution is 7.22. The summed E-state index contributed by atoms with van der Waals surface area (Å²) in [5, 5.41) is 16.6. The van der Waals surface area contributed by atoms with E-state index >= 15 is 0 Å². The number of fused-ring (bicyclic) bond motifs is 1. The van der Waals surface area contributed by atoms with Crippen molar-refractivity contribution in [2.45, 2.75) is 0 Å². The zero-order valence-corrected chi connectivity index (χ0v) is 17.3. The maximum absolute atomic E-state index is 13.6. The van der Waals surface area contributed by atoms with Gasteiger partial charge < -0.3 is 0 Å². The molecule has 0 spiro atoms. The zero-order valence-electron chi connectivity index (χ0n) is 16.5. The van der Waals surface area contributed by atoms with Crippen molar-refractivity contribution < 1.29 is 14.1 Å². The fourth-order valence-corrected chi connectivity index (χ4v) is 3.78. The number of nitro groups is 1. The first-order valence-electron chi connectivity index (χ1n) is 9.41. The topological polar surface area (TPSA) is 88.7 Å². The van der Waals surface area contributed by atoms with Gasteiger partial charge in [-0.2, -0.15) is 10.1 Å². The number of thiazole rings is 1. The molecule has 0 aliphatic heterocycles. The molecule has 1 heterocycles. The highest BCUT2D eigenvalue weighted by atomic mass is 32.1. The van der Waals surface area contributed by atoms with Crippen LogP contribution < -0.4 is 5.01 Å². The van der Waals surface area contributed by atoms with E-state index in [1.807, 2.05) is 30.3 Å². The fraction of sp³-hybridized carbons (Fsp3) is 0. The molecule has 4 rings (SSSR count). The Morgan fingerprint density at radius 3 is 2.62 bits per heavy atom. The van der Waals surface area contributed by atoms with Crippen molar-refractivity contribution in [2.24, 2.45) is 5.10 Å².